The van der Waals surface area contributed by atoms with Gasteiger partial charge in [-0.3, -0.25) is 4.79 Å². The molecule has 3 nitrogen and oxygen atoms in total. The molecular weight excluding hydrogens is 236 g/mol. The van der Waals surface area contributed by atoms with E-state index in [0.29, 0.717) is 22.7 Å². The number of carbonyl (C=O) groups is 1. The summed E-state index contributed by atoms with van der Waals surface area (Å²) in [6.45, 7) is 0. The molecule has 2 fully saturated rings. The van der Waals surface area contributed by atoms with Crippen LogP contribution in [-0.2, 0) is 4.79 Å². The monoisotopic (exact) mass is 250 g/mol. The van der Waals surface area contributed by atoms with Crippen molar-refractivity contribution in [1.82, 2.24) is 4.98 Å². The third-order valence-electron chi connectivity index (χ3n) is 3.98. The van der Waals surface area contributed by atoms with Gasteiger partial charge in [0, 0.05) is 12.1 Å². The molecular formula is C13H15ClN2O. The van der Waals surface area contributed by atoms with E-state index in [2.05, 4.69) is 10.3 Å². The molecule has 2 atom stereocenters. The van der Waals surface area contributed by atoms with Crippen LogP contribution in [0.1, 0.15) is 25.7 Å². The minimum atomic E-state index is 0.122. The van der Waals surface area contributed by atoms with Crippen LogP contribution < -0.4 is 5.32 Å². The first kappa shape index (κ1) is 11.0. The summed E-state index contributed by atoms with van der Waals surface area (Å²) in [5, 5.41) is 3.26. The molecule has 0 radical (unpaired) electrons. The number of nitrogens with one attached hydrogen (secondary N) is 1. The highest BCUT2D eigenvalue weighted by Crippen LogP contribution is 2.55. The Morgan fingerprint density at radius 2 is 2.06 bits per heavy atom. The molecule has 1 aromatic rings. The maximum atomic E-state index is 12.1. The fourth-order valence-electron chi connectivity index (χ4n) is 3.08. The number of rotatable bonds is 2. The topological polar surface area (TPSA) is 42.0 Å². The Kier molecular flexibility index (Phi) is 2.79. The van der Waals surface area contributed by atoms with E-state index in [1.807, 2.05) is 0 Å². The van der Waals surface area contributed by atoms with Crippen LogP contribution >= 0.6 is 11.6 Å². The second kappa shape index (κ2) is 4.30. The standard InChI is InChI=1S/C13H15ClN2O/c14-12-10(6-3-7-15-12)16-13(17)11-8-4-1-2-5-9(8)11/h3,6-9,11H,1-2,4-5H2,(H,16,17). The molecule has 2 unspecified atom stereocenters. The molecule has 3 rings (SSSR count). The molecule has 0 spiro atoms. The third kappa shape index (κ3) is 2.04. The molecule has 1 heterocycles. The molecule has 0 saturated heterocycles. The van der Waals surface area contributed by atoms with Gasteiger partial charge in [-0.15, -0.1) is 0 Å². The average Bonchev–Trinajstić information content (AvgIpc) is 3.06. The van der Waals surface area contributed by atoms with E-state index >= 15 is 0 Å². The minimum Gasteiger partial charge on any atom is -0.323 e. The zero-order valence-corrected chi connectivity index (χ0v) is 10.3. The van der Waals surface area contributed by atoms with Crippen molar-refractivity contribution in [3.8, 4) is 0 Å². The quantitative estimate of drug-likeness (QED) is 0.820. The Bertz CT molecular complexity index is 437. The molecule has 0 aromatic carbocycles. The van der Waals surface area contributed by atoms with Crippen LogP contribution in [0.2, 0.25) is 5.15 Å². The number of hydrogen-bond acceptors (Lipinski definition) is 2. The van der Waals surface area contributed by atoms with Gasteiger partial charge < -0.3 is 5.32 Å². The number of carbonyl (C=O) groups excluding carboxylic acids is 1. The van der Waals surface area contributed by atoms with E-state index in [9.17, 15) is 4.79 Å². The molecule has 1 N–H and O–H groups in total. The molecule has 0 aliphatic heterocycles. The van der Waals surface area contributed by atoms with Crippen LogP contribution in [-0.4, -0.2) is 10.9 Å². The summed E-state index contributed by atoms with van der Waals surface area (Å²) < 4.78 is 0. The van der Waals surface area contributed by atoms with E-state index in [1.54, 1.807) is 18.3 Å². The fourth-order valence-corrected chi connectivity index (χ4v) is 3.24. The maximum absolute atomic E-state index is 12.1. The molecule has 2 saturated carbocycles. The summed E-state index contributed by atoms with van der Waals surface area (Å²) >= 11 is 5.92. The SMILES string of the molecule is O=C(Nc1cccnc1Cl)C1C2CCCCC21. The van der Waals surface area contributed by atoms with Crippen LogP contribution in [0.15, 0.2) is 18.3 Å². The van der Waals surface area contributed by atoms with Gasteiger partial charge >= 0.3 is 0 Å². The zero-order chi connectivity index (χ0) is 11.8. The third-order valence-corrected chi connectivity index (χ3v) is 4.28. The smallest absolute Gasteiger partial charge is 0.228 e. The van der Waals surface area contributed by atoms with E-state index in [-0.39, 0.29) is 11.8 Å². The normalized spacial score (nSPS) is 30.5. The largest absolute Gasteiger partial charge is 0.323 e. The van der Waals surface area contributed by atoms with Gasteiger partial charge in [0.2, 0.25) is 5.91 Å². The maximum Gasteiger partial charge on any atom is 0.228 e. The number of hydrogen-bond donors (Lipinski definition) is 1. The molecule has 4 heteroatoms. The molecule has 1 amide bonds. The number of aromatic nitrogens is 1. The van der Waals surface area contributed by atoms with Gasteiger partial charge in [0.25, 0.3) is 0 Å². The summed E-state index contributed by atoms with van der Waals surface area (Å²) in [6.07, 6.45) is 6.60. The Labute approximate surface area is 106 Å². The lowest BCUT2D eigenvalue weighted by molar-refractivity contribution is -0.117. The number of pyridine rings is 1. The predicted octanol–water partition coefficient (Wildman–Crippen LogP) is 3.11. The van der Waals surface area contributed by atoms with E-state index < -0.39 is 0 Å². The van der Waals surface area contributed by atoms with Crippen LogP contribution in [0.25, 0.3) is 0 Å². The van der Waals surface area contributed by atoms with Gasteiger partial charge in [-0.1, -0.05) is 24.4 Å². The highest BCUT2D eigenvalue weighted by atomic mass is 35.5. The van der Waals surface area contributed by atoms with Crippen molar-refractivity contribution in [2.24, 2.45) is 17.8 Å². The summed E-state index contributed by atoms with van der Waals surface area (Å²) in [7, 11) is 0. The summed E-state index contributed by atoms with van der Waals surface area (Å²) in [6, 6.07) is 3.57. The van der Waals surface area contributed by atoms with Crippen molar-refractivity contribution in [3.05, 3.63) is 23.5 Å². The highest BCUT2D eigenvalue weighted by Gasteiger charge is 2.54. The van der Waals surface area contributed by atoms with Gasteiger partial charge in [-0.05, 0) is 36.8 Å². The Morgan fingerprint density at radius 3 is 2.71 bits per heavy atom. The number of anilines is 1. The molecule has 17 heavy (non-hydrogen) atoms. The lowest BCUT2D eigenvalue weighted by Gasteiger charge is -2.05. The summed E-state index contributed by atoms with van der Waals surface area (Å²) in [5.41, 5.74) is 0.628. The molecule has 90 valence electrons. The van der Waals surface area contributed by atoms with E-state index in [4.69, 9.17) is 11.6 Å². The van der Waals surface area contributed by atoms with Crippen LogP contribution in [0, 0.1) is 17.8 Å². The van der Waals surface area contributed by atoms with Gasteiger partial charge in [0.1, 0.15) is 0 Å². The van der Waals surface area contributed by atoms with Crippen LogP contribution in [0.4, 0.5) is 5.69 Å². The zero-order valence-electron chi connectivity index (χ0n) is 9.53. The number of fused-ring (bicyclic) bond motifs is 1. The molecule has 0 bridgehead atoms. The predicted molar refractivity (Wildman–Crippen MR) is 66.8 cm³/mol. The lowest BCUT2D eigenvalue weighted by Crippen LogP contribution is -2.15. The van der Waals surface area contributed by atoms with E-state index in [1.165, 1.54) is 25.7 Å². The van der Waals surface area contributed by atoms with Crippen LogP contribution in [0.3, 0.4) is 0 Å². The van der Waals surface area contributed by atoms with E-state index in [0.717, 1.165) is 0 Å². The number of amides is 1. The fraction of sp³-hybridized carbons (Fsp3) is 0.538. The second-order valence-electron chi connectivity index (χ2n) is 4.97. The first-order valence-corrected chi connectivity index (χ1v) is 6.56. The number of nitrogens with zero attached hydrogens (tertiary/aromatic N) is 1. The van der Waals surface area contributed by atoms with Crippen LogP contribution in [0.5, 0.6) is 0 Å². The Balaban J connectivity index is 1.67. The van der Waals surface area contributed by atoms with Gasteiger partial charge in [-0.2, -0.15) is 0 Å². The lowest BCUT2D eigenvalue weighted by atomic mass is 10.0. The highest BCUT2D eigenvalue weighted by molar-refractivity contribution is 6.32. The summed E-state index contributed by atoms with van der Waals surface area (Å²) in [5.74, 6) is 1.59. The first-order chi connectivity index (χ1) is 8.27. The van der Waals surface area contributed by atoms with Crippen molar-refractivity contribution in [2.75, 3.05) is 5.32 Å². The van der Waals surface area contributed by atoms with Gasteiger partial charge in [0.05, 0.1) is 5.69 Å². The second-order valence-corrected chi connectivity index (χ2v) is 5.33. The van der Waals surface area contributed by atoms with Crippen molar-refractivity contribution in [3.63, 3.8) is 0 Å². The molecule has 1 aromatic heterocycles. The Hall–Kier alpha value is -1.09. The van der Waals surface area contributed by atoms with Crippen molar-refractivity contribution in [2.45, 2.75) is 25.7 Å². The van der Waals surface area contributed by atoms with Crippen molar-refractivity contribution in [1.29, 1.82) is 0 Å². The van der Waals surface area contributed by atoms with Crippen molar-refractivity contribution >= 4 is 23.2 Å². The van der Waals surface area contributed by atoms with Gasteiger partial charge in [0.15, 0.2) is 5.15 Å². The number of halogens is 1. The average molecular weight is 251 g/mol. The molecule has 2 aliphatic rings. The molecule has 2 aliphatic carbocycles. The summed E-state index contributed by atoms with van der Waals surface area (Å²) in [4.78, 5) is 16.0. The van der Waals surface area contributed by atoms with Gasteiger partial charge in [-0.25, -0.2) is 4.98 Å². The Morgan fingerprint density at radius 1 is 1.35 bits per heavy atom. The minimum absolute atomic E-state index is 0.122. The van der Waals surface area contributed by atoms with Crippen molar-refractivity contribution < 1.29 is 4.79 Å². The first-order valence-electron chi connectivity index (χ1n) is 6.19.